The third kappa shape index (κ3) is 5.28. The summed E-state index contributed by atoms with van der Waals surface area (Å²) in [5.74, 6) is -1.34. The van der Waals surface area contributed by atoms with Gasteiger partial charge in [-0.15, -0.1) is 0 Å². The van der Waals surface area contributed by atoms with Gasteiger partial charge in [0, 0.05) is 25.7 Å². The lowest BCUT2D eigenvalue weighted by Crippen LogP contribution is -2.08. The predicted molar refractivity (Wildman–Crippen MR) is 99.4 cm³/mol. The van der Waals surface area contributed by atoms with E-state index in [9.17, 15) is 13.6 Å². The number of hydrogen-bond acceptors (Lipinski definition) is 3. The van der Waals surface area contributed by atoms with E-state index in [4.69, 9.17) is 10.2 Å². The van der Waals surface area contributed by atoms with Gasteiger partial charge in [0.2, 0.25) is 5.92 Å². The topological polar surface area (TPSA) is 57.5 Å². The van der Waals surface area contributed by atoms with Gasteiger partial charge in [-0.1, -0.05) is 24.3 Å². The molecule has 2 aromatic rings. The molecule has 0 radical (unpaired) electrons. The molecule has 0 heterocycles. The van der Waals surface area contributed by atoms with E-state index in [-0.39, 0.29) is 30.3 Å². The summed E-state index contributed by atoms with van der Waals surface area (Å²) in [6.45, 7) is 0. The van der Waals surface area contributed by atoms with Crippen molar-refractivity contribution >= 4 is 5.78 Å². The first-order valence-electron chi connectivity index (χ1n) is 9.30. The van der Waals surface area contributed by atoms with Crippen LogP contribution < -0.4 is 0 Å². The summed E-state index contributed by atoms with van der Waals surface area (Å²) in [6, 6.07) is 13.7. The van der Waals surface area contributed by atoms with E-state index in [2.05, 4.69) is 0 Å². The maximum atomic E-state index is 12.9. The molecule has 2 aliphatic carbocycles. The lowest BCUT2D eigenvalue weighted by atomic mass is 9.97. The highest BCUT2D eigenvalue weighted by molar-refractivity contribution is 5.81. The summed E-state index contributed by atoms with van der Waals surface area (Å²) in [5.41, 5.74) is 2.07. The number of aromatic hydroxyl groups is 2. The summed E-state index contributed by atoms with van der Waals surface area (Å²) in [4.78, 5) is 11.0. The molecular formula is C22H24F2O3. The van der Waals surface area contributed by atoms with Crippen molar-refractivity contribution in [3.05, 3.63) is 59.7 Å². The molecule has 0 aromatic heterocycles. The summed E-state index contributed by atoms with van der Waals surface area (Å²) in [6.07, 6.45) is 2.81. The largest absolute Gasteiger partial charge is 0.508 e. The Morgan fingerprint density at radius 3 is 1.74 bits per heavy atom. The summed E-state index contributed by atoms with van der Waals surface area (Å²) in [7, 11) is 0. The van der Waals surface area contributed by atoms with Crippen LogP contribution in [0.4, 0.5) is 8.78 Å². The highest BCUT2D eigenvalue weighted by atomic mass is 19.3. The molecule has 0 amide bonds. The monoisotopic (exact) mass is 374 g/mol. The molecule has 2 unspecified atom stereocenters. The normalized spacial score (nSPS) is 23.7. The first-order chi connectivity index (χ1) is 12.8. The summed E-state index contributed by atoms with van der Waals surface area (Å²) >= 11 is 0. The van der Waals surface area contributed by atoms with Gasteiger partial charge in [0.15, 0.2) is 0 Å². The SMILES string of the molecule is O=C1CCC(c2ccc(O)cc2)C1.Oc1ccc(C2CCC(F)(F)C2)cc1. The number of phenolic OH excluding ortho intramolecular Hbond substituents is 2. The van der Waals surface area contributed by atoms with Crippen LogP contribution in [0.15, 0.2) is 48.5 Å². The van der Waals surface area contributed by atoms with Crippen LogP contribution in [-0.2, 0) is 4.79 Å². The Morgan fingerprint density at radius 2 is 1.33 bits per heavy atom. The van der Waals surface area contributed by atoms with Crippen molar-refractivity contribution in [1.29, 1.82) is 0 Å². The standard InChI is InChI=1S/C11H12F2O.C11H12O2/c12-11(13)6-5-9(7-11)8-1-3-10(14)4-2-8;12-10-4-1-8(2-5-10)9-3-6-11(13)7-9/h1-4,9,14H,5-7H2;1-2,4-5,9,12H,3,6-7H2. The summed E-state index contributed by atoms with van der Waals surface area (Å²) < 4.78 is 25.8. The number of benzene rings is 2. The molecule has 4 rings (SSSR count). The second-order valence-electron chi connectivity index (χ2n) is 7.46. The Morgan fingerprint density at radius 1 is 0.815 bits per heavy atom. The van der Waals surface area contributed by atoms with Crippen LogP contribution >= 0.6 is 0 Å². The van der Waals surface area contributed by atoms with Crippen molar-refractivity contribution < 1.29 is 23.8 Å². The zero-order valence-corrected chi connectivity index (χ0v) is 15.1. The second kappa shape index (κ2) is 8.07. The fourth-order valence-corrected chi connectivity index (χ4v) is 3.83. The van der Waals surface area contributed by atoms with E-state index in [1.54, 1.807) is 36.4 Å². The molecule has 2 aromatic carbocycles. The van der Waals surface area contributed by atoms with Crippen LogP contribution in [-0.4, -0.2) is 21.9 Å². The third-order valence-corrected chi connectivity index (χ3v) is 5.38. The zero-order valence-electron chi connectivity index (χ0n) is 15.1. The molecule has 3 nitrogen and oxygen atoms in total. The third-order valence-electron chi connectivity index (χ3n) is 5.38. The molecule has 2 N–H and O–H groups in total. The summed E-state index contributed by atoms with van der Waals surface area (Å²) in [5, 5.41) is 18.1. The Hall–Kier alpha value is -2.43. The van der Waals surface area contributed by atoms with E-state index >= 15 is 0 Å². The van der Waals surface area contributed by atoms with Crippen molar-refractivity contribution in [1.82, 2.24) is 0 Å². The maximum absolute atomic E-state index is 12.9. The molecular weight excluding hydrogens is 350 g/mol. The van der Waals surface area contributed by atoms with Crippen LogP contribution in [0.3, 0.4) is 0 Å². The van der Waals surface area contributed by atoms with E-state index in [0.717, 1.165) is 12.0 Å². The van der Waals surface area contributed by atoms with E-state index < -0.39 is 5.92 Å². The minimum atomic E-state index is -2.50. The number of alkyl halides is 2. The highest BCUT2D eigenvalue weighted by Crippen LogP contribution is 2.44. The molecule has 0 saturated heterocycles. The van der Waals surface area contributed by atoms with Gasteiger partial charge in [-0.05, 0) is 60.1 Å². The molecule has 5 heteroatoms. The number of phenols is 2. The first-order valence-corrected chi connectivity index (χ1v) is 9.30. The lowest BCUT2D eigenvalue weighted by molar-refractivity contribution is -0.117. The Labute approximate surface area is 157 Å². The van der Waals surface area contributed by atoms with Crippen LogP contribution in [0.25, 0.3) is 0 Å². The van der Waals surface area contributed by atoms with E-state index in [1.165, 1.54) is 5.56 Å². The van der Waals surface area contributed by atoms with E-state index in [0.29, 0.717) is 31.0 Å². The van der Waals surface area contributed by atoms with Crippen LogP contribution in [0.5, 0.6) is 11.5 Å². The molecule has 0 aliphatic heterocycles. The van der Waals surface area contributed by atoms with Gasteiger partial charge in [-0.3, -0.25) is 4.79 Å². The average molecular weight is 374 g/mol. The van der Waals surface area contributed by atoms with Gasteiger partial charge in [-0.2, -0.15) is 0 Å². The van der Waals surface area contributed by atoms with Crippen molar-refractivity contribution in [3.8, 4) is 11.5 Å². The molecule has 2 saturated carbocycles. The van der Waals surface area contributed by atoms with Crippen LogP contribution in [0.2, 0.25) is 0 Å². The highest BCUT2D eigenvalue weighted by Gasteiger charge is 2.39. The van der Waals surface area contributed by atoms with Gasteiger partial charge in [0.05, 0.1) is 0 Å². The number of carbonyl (C=O) groups excluding carboxylic acids is 1. The van der Waals surface area contributed by atoms with Gasteiger partial charge in [0.25, 0.3) is 0 Å². The number of carbonyl (C=O) groups is 1. The lowest BCUT2D eigenvalue weighted by Gasteiger charge is -2.10. The fraction of sp³-hybridized carbons (Fsp3) is 0.409. The molecule has 0 bridgehead atoms. The minimum Gasteiger partial charge on any atom is -0.508 e. The first kappa shape index (κ1) is 19.3. The van der Waals surface area contributed by atoms with Gasteiger partial charge in [-0.25, -0.2) is 8.78 Å². The predicted octanol–water partition coefficient (Wildman–Crippen LogP) is 5.52. The maximum Gasteiger partial charge on any atom is 0.248 e. The van der Waals surface area contributed by atoms with Crippen LogP contribution in [0, 0.1) is 0 Å². The smallest absolute Gasteiger partial charge is 0.248 e. The van der Waals surface area contributed by atoms with Crippen molar-refractivity contribution in [2.45, 2.75) is 56.3 Å². The van der Waals surface area contributed by atoms with Crippen molar-refractivity contribution in [2.24, 2.45) is 0 Å². The number of hydrogen-bond donors (Lipinski definition) is 2. The Kier molecular flexibility index (Phi) is 5.78. The molecule has 2 aliphatic rings. The fourth-order valence-electron chi connectivity index (χ4n) is 3.83. The Balaban J connectivity index is 0.000000156. The van der Waals surface area contributed by atoms with Crippen molar-refractivity contribution in [2.75, 3.05) is 0 Å². The quantitative estimate of drug-likeness (QED) is 0.727. The van der Waals surface area contributed by atoms with Gasteiger partial charge < -0.3 is 10.2 Å². The van der Waals surface area contributed by atoms with Crippen molar-refractivity contribution in [3.63, 3.8) is 0 Å². The molecule has 0 spiro atoms. The van der Waals surface area contributed by atoms with Gasteiger partial charge in [0.1, 0.15) is 17.3 Å². The zero-order chi connectivity index (χ0) is 19.4. The molecule has 2 atom stereocenters. The number of ketones is 1. The van der Waals surface area contributed by atoms with Crippen LogP contribution in [0.1, 0.15) is 61.5 Å². The number of halogens is 2. The second-order valence-corrected chi connectivity index (χ2v) is 7.46. The average Bonchev–Trinajstić information content (AvgIpc) is 3.22. The van der Waals surface area contributed by atoms with E-state index in [1.807, 2.05) is 12.1 Å². The molecule has 27 heavy (non-hydrogen) atoms. The number of rotatable bonds is 2. The molecule has 144 valence electrons. The molecule has 2 fully saturated rings. The van der Waals surface area contributed by atoms with Gasteiger partial charge >= 0.3 is 0 Å². The number of Topliss-reactive ketones (excluding diaryl/α,β-unsaturated/α-hetero) is 1. The minimum absolute atomic E-state index is 0.0153. The Bertz CT molecular complexity index is 769.